The Hall–Kier alpha value is -2.43. The van der Waals surface area contributed by atoms with E-state index in [2.05, 4.69) is 0 Å². The molecular weight excluding hydrogens is 302 g/mol. The van der Waals surface area contributed by atoms with Crippen molar-refractivity contribution in [1.82, 2.24) is 8.87 Å². The van der Waals surface area contributed by atoms with Gasteiger partial charge in [0.1, 0.15) is 11.6 Å². The van der Waals surface area contributed by atoms with Crippen LogP contribution in [0.4, 0.5) is 0 Å². The van der Waals surface area contributed by atoms with Gasteiger partial charge in [0.15, 0.2) is 0 Å². The molecule has 1 aromatic carbocycles. The van der Waals surface area contributed by atoms with Crippen molar-refractivity contribution in [3.8, 4) is 17.3 Å². The van der Waals surface area contributed by atoms with Gasteiger partial charge in [0, 0.05) is 26.7 Å². The van der Waals surface area contributed by atoms with Crippen molar-refractivity contribution in [2.45, 2.75) is 4.90 Å². The van der Waals surface area contributed by atoms with Crippen LogP contribution in [0.3, 0.4) is 0 Å². The molecule has 114 valence electrons. The van der Waals surface area contributed by atoms with Crippen molar-refractivity contribution in [2.24, 2.45) is 7.05 Å². The fourth-order valence-electron chi connectivity index (χ4n) is 2.09. The molecule has 0 fully saturated rings. The van der Waals surface area contributed by atoms with Gasteiger partial charge in [-0.25, -0.2) is 12.7 Å². The third-order valence-electron chi connectivity index (χ3n) is 3.35. The highest BCUT2D eigenvalue weighted by Crippen LogP contribution is 2.27. The van der Waals surface area contributed by atoms with E-state index in [0.29, 0.717) is 11.3 Å². The Morgan fingerprint density at radius 1 is 1.14 bits per heavy atom. The summed E-state index contributed by atoms with van der Waals surface area (Å²) in [6.45, 7) is 0. The Morgan fingerprint density at radius 3 is 2.36 bits per heavy atom. The zero-order valence-electron chi connectivity index (χ0n) is 12.4. The number of hydrogen-bond donors (Lipinski definition) is 0. The van der Waals surface area contributed by atoms with Crippen LogP contribution in [0.15, 0.2) is 46.1 Å². The molecule has 0 bridgehead atoms. The van der Waals surface area contributed by atoms with Gasteiger partial charge in [0.05, 0.1) is 10.6 Å². The van der Waals surface area contributed by atoms with Gasteiger partial charge in [0.25, 0.3) is 5.56 Å². The lowest BCUT2D eigenvalue weighted by molar-refractivity contribution is 0.521. The Bertz CT molecular complexity index is 922. The minimum absolute atomic E-state index is 0.0131. The maximum Gasteiger partial charge on any atom is 0.268 e. The number of hydrogen-bond acceptors (Lipinski definition) is 4. The van der Waals surface area contributed by atoms with Crippen molar-refractivity contribution in [2.75, 3.05) is 14.1 Å². The topological polar surface area (TPSA) is 83.2 Å². The smallest absolute Gasteiger partial charge is 0.268 e. The number of sulfonamides is 1. The van der Waals surface area contributed by atoms with Crippen LogP contribution in [0.25, 0.3) is 11.3 Å². The van der Waals surface area contributed by atoms with E-state index in [0.717, 1.165) is 4.31 Å². The first-order valence-electron chi connectivity index (χ1n) is 6.42. The Labute approximate surface area is 128 Å². The van der Waals surface area contributed by atoms with Crippen LogP contribution in [-0.2, 0) is 17.1 Å². The highest BCUT2D eigenvalue weighted by molar-refractivity contribution is 7.89. The minimum Gasteiger partial charge on any atom is -0.310 e. The van der Waals surface area contributed by atoms with E-state index in [-0.39, 0.29) is 10.5 Å². The molecule has 7 heteroatoms. The zero-order valence-corrected chi connectivity index (χ0v) is 13.3. The van der Waals surface area contributed by atoms with Gasteiger partial charge in [-0.3, -0.25) is 4.79 Å². The third kappa shape index (κ3) is 2.54. The van der Waals surface area contributed by atoms with E-state index < -0.39 is 15.6 Å². The molecule has 0 amide bonds. The largest absolute Gasteiger partial charge is 0.310 e. The van der Waals surface area contributed by atoms with E-state index in [1.807, 2.05) is 6.07 Å². The van der Waals surface area contributed by atoms with Crippen molar-refractivity contribution in [1.29, 1.82) is 5.26 Å². The van der Waals surface area contributed by atoms with Crippen LogP contribution in [0.1, 0.15) is 5.56 Å². The summed E-state index contributed by atoms with van der Waals surface area (Å²) in [6, 6.07) is 11.2. The maximum absolute atomic E-state index is 12.4. The molecule has 0 saturated heterocycles. The van der Waals surface area contributed by atoms with Gasteiger partial charge in [-0.2, -0.15) is 5.26 Å². The molecule has 1 heterocycles. The van der Waals surface area contributed by atoms with Crippen LogP contribution in [-0.4, -0.2) is 31.4 Å². The quantitative estimate of drug-likeness (QED) is 0.851. The molecule has 0 N–H and O–H groups in total. The van der Waals surface area contributed by atoms with Crippen LogP contribution in [0, 0.1) is 11.3 Å². The number of nitriles is 1. The van der Waals surface area contributed by atoms with Crippen LogP contribution >= 0.6 is 0 Å². The summed E-state index contributed by atoms with van der Waals surface area (Å²) in [7, 11) is 0.760. The fraction of sp³-hybridized carbons (Fsp3) is 0.200. The number of nitrogens with zero attached hydrogens (tertiary/aromatic N) is 3. The fourth-order valence-corrected chi connectivity index (χ4v) is 3.19. The van der Waals surface area contributed by atoms with E-state index >= 15 is 0 Å². The summed E-state index contributed by atoms with van der Waals surface area (Å²) in [5.41, 5.74) is 0.404. The summed E-state index contributed by atoms with van der Waals surface area (Å²) in [5, 5.41) is 8.90. The molecule has 0 unspecified atom stereocenters. The third-order valence-corrected chi connectivity index (χ3v) is 5.22. The molecule has 2 rings (SSSR count). The molecule has 0 aliphatic carbocycles. The van der Waals surface area contributed by atoms with E-state index in [4.69, 9.17) is 5.26 Å². The molecule has 6 nitrogen and oxygen atoms in total. The second kappa shape index (κ2) is 5.75. The second-order valence-electron chi connectivity index (χ2n) is 4.89. The maximum atomic E-state index is 12.4. The number of aromatic nitrogens is 1. The molecule has 0 radical (unpaired) electrons. The van der Waals surface area contributed by atoms with Crippen molar-refractivity contribution in [3.05, 3.63) is 52.3 Å². The molecule has 0 atom stereocenters. The van der Waals surface area contributed by atoms with Gasteiger partial charge >= 0.3 is 0 Å². The Balaban J connectivity index is 2.80. The Kier molecular flexibility index (Phi) is 4.17. The average molecular weight is 317 g/mol. The van der Waals surface area contributed by atoms with Gasteiger partial charge < -0.3 is 4.57 Å². The van der Waals surface area contributed by atoms with E-state index in [1.54, 1.807) is 24.3 Å². The number of benzene rings is 1. The predicted octanol–water partition coefficient (Wildman–Crippen LogP) is 1.17. The van der Waals surface area contributed by atoms with Gasteiger partial charge in [-0.05, 0) is 18.2 Å². The van der Waals surface area contributed by atoms with E-state index in [9.17, 15) is 13.2 Å². The normalized spacial score (nSPS) is 11.4. The monoisotopic (exact) mass is 317 g/mol. The number of pyridine rings is 1. The van der Waals surface area contributed by atoms with Gasteiger partial charge in [-0.15, -0.1) is 0 Å². The SMILES string of the molecule is CN(C)S(=O)(=O)c1ccccc1-c1ccc(C#N)c(=O)n1C. The molecule has 0 saturated carbocycles. The van der Waals surface area contributed by atoms with Crippen molar-refractivity contribution >= 4 is 10.0 Å². The summed E-state index contributed by atoms with van der Waals surface area (Å²) in [5.74, 6) is 0. The molecular formula is C15H15N3O3S. The van der Waals surface area contributed by atoms with E-state index in [1.165, 1.54) is 37.8 Å². The van der Waals surface area contributed by atoms with Crippen LogP contribution in [0.5, 0.6) is 0 Å². The highest BCUT2D eigenvalue weighted by atomic mass is 32.2. The lowest BCUT2D eigenvalue weighted by Gasteiger charge is -2.16. The van der Waals surface area contributed by atoms with Gasteiger partial charge in [0.2, 0.25) is 10.0 Å². The lowest BCUT2D eigenvalue weighted by Crippen LogP contribution is -2.24. The molecule has 22 heavy (non-hydrogen) atoms. The van der Waals surface area contributed by atoms with Crippen LogP contribution in [0.2, 0.25) is 0 Å². The zero-order chi connectivity index (χ0) is 16.5. The standard InChI is InChI=1S/C15H15N3O3S/c1-17(2)22(20,21)14-7-5-4-6-12(14)13-9-8-11(10-16)15(19)18(13)3/h4-9H,1-3H3. The highest BCUT2D eigenvalue weighted by Gasteiger charge is 2.22. The first-order chi connectivity index (χ1) is 10.3. The van der Waals surface area contributed by atoms with Crippen molar-refractivity contribution in [3.63, 3.8) is 0 Å². The lowest BCUT2D eigenvalue weighted by atomic mass is 10.1. The summed E-state index contributed by atoms with van der Waals surface area (Å²) < 4.78 is 27.3. The van der Waals surface area contributed by atoms with Gasteiger partial charge in [-0.1, -0.05) is 18.2 Å². The molecule has 0 aliphatic heterocycles. The first kappa shape index (κ1) is 15.9. The number of rotatable bonds is 3. The minimum atomic E-state index is -3.65. The molecule has 0 aliphatic rings. The molecule has 1 aromatic heterocycles. The van der Waals surface area contributed by atoms with Crippen LogP contribution < -0.4 is 5.56 Å². The molecule has 0 spiro atoms. The average Bonchev–Trinajstić information content (AvgIpc) is 2.50. The Morgan fingerprint density at radius 2 is 1.77 bits per heavy atom. The summed E-state index contributed by atoms with van der Waals surface area (Å²) in [6.07, 6.45) is 0. The second-order valence-corrected chi connectivity index (χ2v) is 7.01. The summed E-state index contributed by atoms with van der Waals surface area (Å²) in [4.78, 5) is 12.2. The first-order valence-corrected chi connectivity index (χ1v) is 7.86. The van der Waals surface area contributed by atoms with Crippen molar-refractivity contribution < 1.29 is 8.42 Å². The molecule has 2 aromatic rings. The summed E-state index contributed by atoms with van der Waals surface area (Å²) >= 11 is 0. The predicted molar refractivity (Wildman–Crippen MR) is 82.7 cm³/mol.